The number of hydrogen-bond donors (Lipinski definition) is 2. The molecule has 0 aromatic heterocycles. The fourth-order valence-corrected chi connectivity index (χ4v) is 2.72. The van der Waals surface area contributed by atoms with Crippen LogP contribution in [-0.4, -0.2) is 39.4 Å². The number of carbonyl (C=O) groups is 1. The first-order valence-corrected chi connectivity index (χ1v) is 10.2. The largest absolute Gasteiger partial charge is 0.497 e. The maximum Gasteiger partial charge on any atom is 0.246 e. The van der Waals surface area contributed by atoms with Gasteiger partial charge in [0.2, 0.25) is 5.91 Å². The average molecular weight is 417 g/mol. The Labute approximate surface area is 178 Å². The lowest BCUT2D eigenvalue weighted by Crippen LogP contribution is -2.32. The van der Waals surface area contributed by atoms with Crippen LogP contribution in [0.1, 0.15) is 33.6 Å². The highest BCUT2D eigenvalue weighted by molar-refractivity contribution is 5.97. The van der Waals surface area contributed by atoms with E-state index >= 15 is 0 Å². The Hall–Kier alpha value is -3.09. The molecule has 2 aromatic carbocycles. The van der Waals surface area contributed by atoms with Gasteiger partial charge < -0.3 is 29.6 Å². The topological polar surface area (TPSA) is 78.1 Å². The van der Waals surface area contributed by atoms with Gasteiger partial charge in [-0.3, -0.25) is 4.79 Å². The molecule has 7 nitrogen and oxygen atoms in total. The van der Waals surface area contributed by atoms with Crippen molar-refractivity contribution in [2.24, 2.45) is 0 Å². The standard InChI is InChI=1S/C23H32N2O5/c1-6-12-29-21-10-8-17(14-22(21)30-13-7-2)24-16(3)23(26)25-19-15-18(27-4)9-11-20(19)28-5/h8-11,14-16,24H,6-7,12-13H2,1-5H3,(H,25,26). The molecule has 2 N–H and O–H groups in total. The summed E-state index contributed by atoms with van der Waals surface area (Å²) in [5, 5.41) is 6.09. The molecule has 0 saturated heterocycles. The van der Waals surface area contributed by atoms with Crippen LogP contribution in [0.2, 0.25) is 0 Å². The van der Waals surface area contributed by atoms with E-state index in [4.69, 9.17) is 18.9 Å². The van der Waals surface area contributed by atoms with Crippen LogP contribution in [0.15, 0.2) is 36.4 Å². The van der Waals surface area contributed by atoms with Gasteiger partial charge in [-0.2, -0.15) is 0 Å². The van der Waals surface area contributed by atoms with Gasteiger partial charge in [0.05, 0.1) is 33.1 Å². The maximum atomic E-state index is 12.7. The minimum atomic E-state index is -0.498. The highest BCUT2D eigenvalue weighted by Crippen LogP contribution is 2.32. The highest BCUT2D eigenvalue weighted by atomic mass is 16.5. The third-order valence-corrected chi connectivity index (χ3v) is 4.31. The predicted octanol–water partition coefficient (Wildman–Crippen LogP) is 4.72. The molecular formula is C23H32N2O5. The maximum absolute atomic E-state index is 12.7. The first kappa shape index (κ1) is 23.2. The molecule has 30 heavy (non-hydrogen) atoms. The number of ether oxygens (including phenoxy) is 4. The molecule has 0 aliphatic carbocycles. The van der Waals surface area contributed by atoms with Crippen molar-refractivity contribution in [3.05, 3.63) is 36.4 Å². The van der Waals surface area contributed by atoms with E-state index in [2.05, 4.69) is 17.6 Å². The van der Waals surface area contributed by atoms with Gasteiger partial charge in [0.15, 0.2) is 11.5 Å². The van der Waals surface area contributed by atoms with Gasteiger partial charge in [0, 0.05) is 17.8 Å². The van der Waals surface area contributed by atoms with Crippen LogP contribution in [0.3, 0.4) is 0 Å². The smallest absolute Gasteiger partial charge is 0.246 e. The van der Waals surface area contributed by atoms with Gasteiger partial charge >= 0.3 is 0 Å². The Morgan fingerprint density at radius 1 is 0.900 bits per heavy atom. The summed E-state index contributed by atoms with van der Waals surface area (Å²) in [5.41, 5.74) is 1.32. The lowest BCUT2D eigenvalue weighted by molar-refractivity contribution is -0.116. The van der Waals surface area contributed by atoms with Gasteiger partial charge in [-0.1, -0.05) is 13.8 Å². The number of carbonyl (C=O) groups excluding carboxylic acids is 1. The molecule has 1 unspecified atom stereocenters. The molecule has 7 heteroatoms. The fraction of sp³-hybridized carbons (Fsp3) is 0.435. The van der Waals surface area contributed by atoms with E-state index < -0.39 is 6.04 Å². The SMILES string of the molecule is CCCOc1ccc(NC(C)C(=O)Nc2cc(OC)ccc2OC)cc1OCCC. The van der Waals surface area contributed by atoms with Crippen molar-refractivity contribution in [1.82, 2.24) is 0 Å². The number of methoxy groups -OCH3 is 2. The first-order valence-electron chi connectivity index (χ1n) is 10.2. The summed E-state index contributed by atoms with van der Waals surface area (Å²) in [5.74, 6) is 2.35. The summed E-state index contributed by atoms with van der Waals surface area (Å²) < 4.78 is 22.1. The summed E-state index contributed by atoms with van der Waals surface area (Å²) in [7, 11) is 3.13. The molecule has 2 aromatic rings. The lowest BCUT2D eigenvalue weighted by Gasteiger charge is -2.19. The van der Waals surface area contributed by atoms with Gasteiger partial charge in [0.25, 0.3) is 0 Å². The molecule has 0 radical (unpaired) electrons. The van der Waals surface area contributed by atoms with Crippen molar-refractivity contribution >= 4 is 17.3 Å². The van der Waals surface area contributed by atoms with Crippen molar-refractivity contribution in [2.45, 2.75) is 39.7 Å². The predicted molar refractivity (Wildman–Crippen MR) is 119 cm³/mol. The Balaban J connectivity index is 2.10. The number of rotatable bonds is 12. The molecular weight excluding hydrogens is 384 g/mol. The third kappa shape index (κ3) is 6.47. The van der Waals surface area contributed by atoms with Crippen LogP contribution in [0, 0.1) is 0 Å². The Morgan fingerprint density at radius 2 is 1.57 bits per heavy atom. The zero-order chi connectivity index (χ0) is 21.9. The second-order valence-electron chi connectivity index (χ2n) is 6.78. The monoisotopic (exact) mass is 416 g/mol. The molecule has 0 spiro atoms. The van der Waals surface area contributed by atoms with Crippen LogP contribution >= 0.6 is 0 Å². The van der Waals surface area contributed by atoms with E-state index in [1.54, 1.807) is 39.3 Å². The normalized spacial score (nSPS) is 11.4. The molecule has 1 amide bonds. The second kappa shape index (κ2) is 11.8. The quantitative estimate of drug-likeness (QED) is 0.521. The molecule has 0 aliphatic rings. The summed E-state index contributed by atoms with van der Waals surface area (Å²) in [6.45, 7) is 7.11. The van der Waals surface area contributed by atoms with Gasteiger partial charge in [-0.15, -0.1) is 0 Å². The Morgan fingerprint density at radius 3 is 2.20 bits per heavy atom. The minimum Gasteiger partial charge on any atom is -0.497 e. The van der Waals surface area contributed by atoms with Crippen LogP contribution < -0.4 is 29.6 Å². The molecule has 0 heterocycles. The van der Waals surface area contributed by atoms with E-state index in [1.165, 1.54) is 0 Å². The zero-order valence-corrected chi connectivity index (χ0v) is 18.4. The lowest BCUT2D eigenvalue weighted by atomic mass is 10.2. The van der Waals surface area contributed by atoms with E-state index in [-0.39, 0.29) is 5.91 Å². The van der Waals surface area contributed by atoms with Gasteiger partial charge in [-0.25, -0.2) is 0 Å². The third-order valence-electron chi connectivity index (χ3n) is 4.31. The fourth-order valence-electron chi connectivity index (χ4n) is 2.72. The van der Waals surface area contributed by atoms with E-state index in [1.807, 2.05) is 25.1 Å². The van der Waals surface area contributed by atoms with Gasteiger partial charge in [0.1, 0.15) is 17.5 Å². The van der Waals surface area contributed by atoms with Crippen molar-refractivity contribution in [1.29, 1.82) is 0 Å². The summed E-state index contributed by atoms with van der Waals surface area (Å²) in [6.07, 6.45) is 1.81. The molecule has 164 valence electrons. The summed E-state index contributed by atoms with van der Waals surface area (Å²) in [4.78, 5) is 12.7. The van der Waals surface area contributed by atoms with Crippen LogP contribution in [0.5, 0.6) is 23.0 Å². The van der Waals surface area contributed by atoms with E-state index in [0.29, 0.717) is 41.9 Å². The number of anilines is 2. The Kier molecular flexibility index (Phi) is 9.12. The molecule has 2 rings (SSSR count). The van der Waals surface area contributed by atoms with Crippen LogP contribution in [-0.2, 0) is 4.79 Å². The van der Waals surface area contributed by atoms with Crippen molar-refractivity contribution in [2.75, 3.05) is 38.1 Å². The molecule has 0 aliphatic heterocycles. The average Bonchev–Trinajstić information content (AvgIpc) is 2.76. The van der Waals surface area contributed by atoms with E-state index in [0.717, 1.165) is 18.5 Å². The number of amides is 1. The van der Waals surface area contributed by atoms with Crippen molar-refractivity contribution < 1.29 is 23.7 Å². The summed E-state index contributed by atoms with van der Waals surface area (Å²) >= 11 is 0. The van der Waals surface area contributed by atoms with E-state index in [9.17, 15) is 4.79 Å². The number of nitrogens with one attached hydrogen (secondary N) is 2. The minimum absolute atomic E-state index is 0.205. The van der Waals surface area contributed by atoms with Crippen LogP contribution in [0.25, 0.3) is 0 Å². The first-order chi connectivity index (χ1) is 14.5. The van der Waals surface area contributed by atoms with Crippen molar-refractivity contribution in [3.63, 3.8) is 0 Å². The second-order valence-corrected chi connectivity index (χ2v) is 6.78. The number of benzene rings is 2. The summed E-state index contributed by atoms with van der Waals surface area (Å²) in [6, 6.07) is 10.3. The number of hydrogen-bond acceptors (Lipinski definition) is 6. The molecule has 0 fully saturated rings. The van der Waals surface area contributed by atoms with Crippen LogP contribution in [0.4, 0.5) is 11.4 Å². The molecule has 0 bridgehead atoms. The highest BCUT2D eigenvalue weighted by Gasteiger charge is 2.17. The zero-order valence-electron chi connectivity index (χ0n) is 18.4. The molecule has 0 saturated carbocycles. The Bertz CT molecular complexity index is 825. The molecule has 1 atom stereocenters. The van der Waals surface area contributed by atoms with Crippen molar-refractivity contribution in [3.8, 4) is 23.0 Å². The van der Waals surface area contributed by atoms with Gasteiger partial charge in [-0.05, 0) is 44.0 Å².